The van der Waals surface area contributed by atoms with Crippen LogP contribution in [-0.4, -0.2) is 35.5 Å². The fourth-order valence-corrected chi connectivity index (χ4v) is 4.02. The van der Waals surface area contributed by atoms with Crippen molar-refractivity contribution in [1.29, 1.82) is 0 Å². The normalized spacial score (nSPS) is 19.2. The lowest BCUT2D eigenvalue weighted by Crippen LogP contribution is -2.38. The first-order chi connectivity index (χ1) is 12.7. The Morgan fingerprint density at radius 2 is 2.23 bits per heavy atom. The highest BCUT2D eigenvalue weighted by Gasteiger charge is 2.23. The zero-order chi connectivity index (χ0) is 17.9. The maximum atomic E-state index is 11.8. The number of fused-ring (bicyclic) bond motifs is 1. The van der Waals surface area contributed by atoms with Gasteiger partial charge >= 0.3 is 0 Å². The first kappa shape index (κ1) is 16.8. The Kier molecular flexibility index (Phi) is 4.73. The number of anilines is 2. The predicted molar refractivity (Wildman–Crippen MR) is 102 cm³/mol. The highest BCUT2D eigenvalue weighted by Crippen LogP contribution is 2.26. The zero-order valence-electron chi connectivity index (χ0n) is 14.9. The van der Waals surface area contributed by atoms with Crippen LogP contribution in [0.5, 0.6) is 0 Å². The Bertz CT molecular complexity index is 792. The molecule has 3 N–H and O–H groups in total. The Morgan fingerprint density at radius 1 is 1.31 bits per heavy atom. The van der Waals surface area contributed by atoms with Gasteiger partial charge in [0.15, 0.2) is 0 Å². The van der Waals surface area contributed by atoms with Gasteiger partial charge in [-0.15, -0.1) is 0 Å². The summed E-state index contributed by atoms with van der Waals surface area (Å²) >= 11 is 0. The van der Waals surface area contributed by atoms with Crippen molar-refractivity contribution in [1.82, 2.24) is 9.97 Å². The van der Waals surface area contributed by atoms with Gasteiger partial charge in [0, 0.05) is 31.5 Å². The molecule has 6 nitrogen and oxygen atoms in total. The van der Waals surface area contributed by atoms with E-state index >= 15 is 0 Å². The van der Waals surface area contributed by atoms with Crippen LogP contribution in [-0.2, 0) is 12.8 Å². The molecule has 1 saturated heterocycles. The number of hydrogen-bond donors (Lipinski definition) is 2. The predicted octanol–water partition coefficient (Wildman–Crippen LogP) is 2.39. The number of carbonyl (C=O) groups excluding carboxylic acids is 1. The summed E-state index contributed by atoms with van der Waals surface area (Å²) in [4.78, 5) is 23.3. The van der Waals surface area contributed by atoms with Gasteiger partial charge in [0.1, 0.15) is 11.6 Å². The second-order valence-corrected chi connectivity index (χ2v) is 7.23. The fraction of sp³-hybridized carbons (Fsp3) is 0.450. The van der Waals surface area contributed by atoms with Gasteiger partial charge in [-0.1, -0.05) is 6.07 Å². The monoisotopic (exact) mass is 351 g/mol. The summed E-state index contributed by atoms with van der Waals surface area (Å²) in [6, 6.07) is 7.96. The second-order valence-electron chi connectivity index (χ2n) is 7.23. The molecule has 1 amide bonds. The molecule has 0 aromatic carbocycles. The third kappa shape index (κ3) is 3.49. The third-order valence-corrected chi connectivity index (χ3v) is 5.37. The van der Waals surface area contributed by atoms with Gasteiger partial charge in [-0.25, -0.2) is 9.97 Å². The van der Waals surface area contributed by atoms with E-state index in [0.717, 1.165) is 63.3 Å². The van der Waals surface area contributed by atoms with E-state index < -0.39 is 5.91 Å². The molecule has 2 aliphatic rings. The van der Waals surface area contributed by atoms with Gasteiger partial charge in [-0.3, -0.25) is 4.79 Å². The Labute approximate surface area is 153 Å². The Morgan fingerprint density at radius 3 is 3.04 bits per heavy atom. The molecule has 3 heterocycles. The first-order valence-electron chi connectivity index (χ1n) is 9.43. The summed E-state index contributed by atoms with van der Waals surface area (Å²) in [6.07, 6.45) is 7.22. The number of piperidine rings is 1. The molecule has 0 saturated carbocycles. The van der Waals surface area contributed by atoms with Crippen LogP contribution in [0.2, 0.25) is 0 Å². The van der Waals surface area contributed by atoms with Crippen molar-refractivity contribution < 1.29 is 4.79 Å². The van der Waals surface area contributed by atoms with Crippen molar-refractivity contribution in [3.05, 3.63) is 47.3 Å². The molecule has 6 heteroatoms. The smallest absolute Gasteiger partial charge is 0.252 e. The lowest BCUT2D eigenvalue weighted by molar-refractivity contribution is 0.100. The van der Waals surface area contributed by atoms with Gasteiger partial charge in [0.05, 0.1) is 5.56 Å². The van der Waals surface area contributed by atoms with Crippen LogP contribution in [0.3, 0.4) is 0 Å². The molecule has 1 aliphatic carbocycles. The topological polar surface area (TPSA) is 84.1 Å². The molecular weight excluding hydrogens is 326 g/mol. The number of aromatic nitrogens is 2. The largest absolute Gasteiger partial charge is 0.369 e. The van der Waals surface area contributed by atoms with E-state index in [4.69, 9.17) is 10.7 Å². The van der Waals surface area contributed by atoms with Gasteiger partial charge in [0.2, 0.25) is 0 Å². The summed E-state index contributed by atoms with van der Waals surface area (Å²) < 4.78 is 0. The van der Waals surface area contributed by atoms with Crippen LogP contribution in [0.4, 0.5) is 11.6 Å². The molecule has 0 bridgehead atoms. The van der Waals surface area contributed by atoms with Crippen LogP contribution in [0.15, 0.2) is 30.5 Å². The molecule has 1 aliphatic heterocycles. The number of hydrogen-bond acceptors (Lipinski definition) is 5. The molecule has 1 atom stereocenters. The minimum absolute atomic E-state index is 0.409. The first-order valence-corrected chi connectivity index (χ1v) is 9.43. The van der Waals surface area contributed by atoms with Crippen molar-refractivity contribution in [3.8, 4) is 0 Å². The number of rotatable bonds is 5. The molecular formula is C20H25N5O. The summed E-state index contributed by atoms with van der Waals surface area (Å²) in [6.45, 7) is 2.79. The molecule has 0 unspecified atom stereocenters. The van der Waals surface area contributed by atoms with Crippen molar-refractivity contribution in [2.75, 3.05) is 29.9 Å². The molecule has 4 rings (SSSR count). The average Bonchev–Trinajstić information content (AvgIpc) is 3.14. The molecule has 136 valence electrons. The minimum Gasteiger partial charge on any atom is -0.369 e. The number of nitrogens with two attached hydrogens (primary N) is 1. The van der Waals surface area contributed by atoms with Gasteiger partial charge in [0.25, 0.3) is 5.91 Å². The van der Waals surface area contributed by atoms with E-state index in [1.165, 1.54) is 5.56 Å². The van der Waals surface area contributed by atoms with Crippen LogP contribution in [0.25, 0.3) is 0 Å². The van der Waals surface area contributed by atoms with Crippen LogP contribution in [0, 0.1) is 5.92 Å². The summed E-state index contributed by atoms with van der Waals surface area (Å²) in [5, 5.41) is 3.41. The van der Waals surface area contributed by atoms with E-state index in [0.29, 0.717) is 17.3 Å². The quantitative estimate of drug-likeness (QED) is 0.864. The maximum Gasteiger partial charge on any atom is 0.252 e. The SMILES string of the molecule is NC(=O)c1cc2c(nc1NC[C@H]1CCCN(c3ccccn3)C1)CCC2. The number of nitrogens with zero attached hydrogens (tertiary/aromatic N) is 3. The van der Waals surface area contributed by atoms with Crippen LogP contribution >= 0.6 is 0 Å². The molecule has 0 radical (unpaired) electrons. The highest BCUT2D eigenvalue weighted by molar-refractivity contribution is 5.97. The van der Waals surface area contributed by atoms with E-state index in [2.05, 4.69) is 21.3 Å². The summed E-state index contributed by atoms with van der Waals surface area (Å²) in [5.74, 6) is 1.76. The Balaban J connectivity index is 1.45. The fourth-order valence-electron chi connectivity index (χ4n) is 4.02. The number of nitrogens with one attached hydrogen (secondary N) is 1. The van der Waals surface area contributed by atoms with Gasteiger partial charge < -0.3 is 16.0 Å². The van der Waals surface area contributed by atoms with Gasteiger partial charge in [-0.2, -0.15) is 0 Å². The molecule has 0 spiro atoms. The number of aryl methyl sites for hydroxylation is 2. The van der Waals surface area contributed by atoms with Crippen LogP contribution in [0.1, 0.15) is 40.9 Å². The van der Waals surface area contributed by atoms with Crippen molar-refractivity contribution >= 4 is 17.5 Å². The summed E-state index contributed by atoms with van der Waals surface area (Å²) in [5.41, 5.74) is 8.37. The van der Waals surface area contributed by atoms with Crippen molar-refractivity contribution in [2.45, 2.75) is 32.1 Å². The van der Waals surface area contributed by atoms with E-state index in [1.807, 2.05) is 24.4 Å². The lowest BCUT2D eigenvalue weighted by atomic mass is 9.98. The highest BCUT2D eigenvalue weighted by atomic mass is 16.1. The van der Waals surface area contributed by atoms with E-state index in [-0.39, 0.29) is 0 Å². The van der Waals surface area contributed by atoms with Crippen molar-refractivity contribution in [3.63, 3.8) is 0 Å². The Hall–Kier alpha value is -2.63. The van der Waals surface area contributed by atoms with Gasteiger partial charge in [-0.05, 0) is 61.8 Å². The molecule has 2 aromatic rings. The standard InChI is InChI=1S/C20H25N5O/c21-19(26)16-11-15-6-3-7-17(15)24-20(16)23-12-14-5-4-10-25(13-14)18-8-1-2-9-22-18/h1-2,8-9,11,14H,3-7,10,12-13H2,(H2,21,26)(H,23,24)/t14-/m1/s1. The second kappa shape index (κ2) is 7.32. The number of carbonyl (C=O) groups is 1. The number of amides is 1. The molecule has 26 heavy (non-hydrogen) atoms. The minimum atomic E-state index is -0.409. The van der Waals surface area contributed by atoms with Crippen molar-refractivity contribution in [2.24, 2.45) is 11.7 Å². The molecule has 1 fully saturated rings. The summed E-state index contributed by atoms with van der Waals surface area (Å²) in [7, 11) is 0. The average molecular weight is 351 g/mol. The number of pyridine rings is 2. The molecule has 2 aromatic heterocycles. The zero-order valence-corrected chi connectivity index (χ0v) is 14.9. The number of primary amides is 1. The third-order valence-electron chi connectivity index (χ3n) is 5.37. The lowest BCUT2D eigenvalue weighted by Gasteiger charge is -2.33. The van der Waals surface area contributed by atoms with E-state index in [9.17, 15) is 4.79 Å². The maximum absolute atomic E-state index is 11.8. The van der Waals surface area contributed by atoms with Crippen LogP contribution < -0.4 is 16.0 Å². The van der Waals surface area contributed by atoms with E-state index in [1.54, 1.807) is 0 Å².